The molecule has 0 aliphatic carbocycles. The standard InChI is InChI=1S/C19H23NO3/c1-19(2,3)23-18(22)20-16(14-10-6-4-7-11-14)17(21)15-12-8-5-9-13-15/h4-13,16-17,21H,1-3H3,(H,20,22)/t16?,17-/m1/s1. The molecule has 0 aromatic heterocycles. The van der Waals surface area contributed by atoms with Gasteiger partial charge in [0, 0.05) is 0 Å². The fraction of sp³-hybridized carbons (Fsp3) is 0.316. The highest BCUT2D eigenvalue weighted by molar-refractivity contribution is 5.68. The fourth-order valence-corrected chi connectivity index (χ4v) is 2.28. The fourth-order valence-electron chi connectivity index (χ4n) is 2.28. The van der Waals surface area contributed by atoms with Crippen LogP contribution in [0.15, 0.2) is 60.7 Å². The smallest absolute Gasteiger partial charge is 0.408 e. The van der Waals surface area contributed by atoms with Crippen LogP contribution in [0.25, 0.3) is 0 Å². The van der Waals surface area contributed by atoms with E-state index < -0.39 is 23.8 Å². The van der Waals surface area contributed by atoms with Crippen LogP contribution in [0.5, 0.6) is 0 Å². The lowest BCUT2D eigenvalue weighted by Crippen LogP contribution is -2.37. The van der Waals surface area contributed by atoms with E-state index in [9.17, 15) is 9.90 Å². The third kappa shape index (κ3) is 5.11. The van der Waals surface area contributed by atoms with Crippen molar-refractivity contribution in [2.45, 2.75) is 38.5 Å². The molecule has 2 rings (SSSR count). The maximum atomic E-state index is 12.1. The van der Waals surface area contributed by atoms with Crippen LogP contribution in [0.2, 0.25) is 0 Å². The summed E-state index contributed by atoms with van der Waals surface area (Å²) in [5.74, 6) is 0. The molecule has 2 atom stereocenters. The summed E-state index contributed by atoms with van der Waals surface area (Å²) >= 11 is 0. The minimum Gasteiger partial charge on any atom is -0.444 e. The van der Waals surface area contributed by atoms with Gasteiger partial charge >= 0.3 is 6.09 Å². The quantitative estimate of drug-likeness (QED) is 0.897. The minimum atomic E-state index is -0.869. The summed E-state index contributed by atoms with van der Waals surface area (Å²) in [5.41, 5.74) is 0.954. The summed E-state index contributed by atoms with van der Waals surface area (Å²) in [4.78, 5) is 12.1. The first kappa shape index (κ1) is 17.0. The van der Waals surface area contributed by atoms with Gasteiger partial charge in [-0.05, 0) is 31.9 Å². The maximum Gasteiger partial charge on any atom is 0.408 e. The van der Waals surface area contributed by atoms with Crippen molar-refractivity contribution in [3.8, 4) is 0 Å². The van der Waals surface area contributed by atoms with Crippen LogP contribution < -0.4 is 5.32 Å². The topological polar surface area (TPSA) is 58.6 Å². The van der Waals surface area contributed by atoms with Crippen molar-refractivity contribution in [3.63, 3.8) is 0 Å². The zero-order valence-corrected chi connectivity index (χ0v) is 13.7. The molecule has 2 aromatic carbocycles. The molecule has 0 fully saturated rings. The Balaban J connectivity index is 2.24. The zero-order chi connectivity index (χ0) is 16.9. The van der Waals surface area contributed by atoms with Gasteiger partial charge in [-0.3, -0.25) is 0 Å². The van der Waals surface area contributed by atoms with Gasteiger partial charge in [-0.2, -0.15) is 0 Å². The average molecular weight is 313 g/mol. The number of rotatable bonds is 4. The highest BCUT2D eigenvalue weighted by Crippen LogP contribution is 2.29. The van der Waals surface area contributed by atoms with E-state index in [-0.39, 0.29) is 0 Å². The Bertz CT molecular complexity index is 620. The molecule has 0 aliphatic rings. The number of amides is 1. The van der Waals surface area contributed by atoms with Gasteiger partial charge in [-0.1, -0.05) is 60.7 Å². The summed E-state index contributed by atoms with van der Waals surface area (Å²) < 4.78 is 5.31. The Kier molecular flexibility index (Phi) is 5.40. The number of hydrogen-bond acceptors (Lipinski definition) is 3. The molecule has 2 aromatic rings. The van der Waals surface area contributed by atoms with Crippen LogP contribution in [0, 0.1) is 0 Å². The predicted octanol–water partition coefficient (Wildman–Crippen LogP) is 3.99. The van der Waals surface area contributed by atoms with Gasteiger partial charge in [0.2, 0.25) is 0 Å². The Morgan fingerprint density at radius 2 is 1.43 bits per heavy atom. The molecule has 4 nitrogen and oxygen atoms in total. The maximum absolute atomic E-state index is 12.1. The number of ether oxygens (including phenoxy) is 1. The van der Waals surface area contributed by atoms with E-state index in [1.807, 2.05) is 60.7 Å². The van der Waals surface area contributed by atoms with Crippen molar-refractivity contribution in [2.24, 2.45) is 0 Å². The summed E-state index contributed by atoms with van der Waals surface area (Å²) in [6.07, 6.45) is -1.42. The molecule has 1 unspecified atom stereocenters. The summed E-state index contributed by atoms with van der Waals surface area (Å²) in [6.45, 7) is 5.41. The van der Waals surface area contributed by atoms with E-state index in [0.29, 0.717) is 0 Å². The molecule has 0 heterocycles. The van der Waals surface area contributed by atoms with Gasteiger partial charge in [-0.25, -0.2) is 4.79 Å². The first-order valence-electron chi connectivity index (χ1n) is 7.64. The molecule has 0 spiro atoms. The summed E-state index contributed by atoms with van der Waals surface area (Å²) in [6, 6.07) is 18.0. The molecule has 4 heteroatoms. The summed E-state index contributed by atoms with van der Waals surface area (Å²) in [7, 11) is 0. The largest absolute Gasteiger partial charge is 0.444 e. The normalized spacial score (nSPS) is 13.9. The molecular formula is C19H23NO3. The SMILES string of the molecule is CC(C)(C)OC(=O)NC(c1ccccc1)[C@H](O)c1ccccc1. The second-order valence-corrected chi connectivity index (χ2v) is 6.39. The van der Waals surface area contributed by atoms with Crippen molar-refractivity contribution >= 4 is 6.09 Å². The molecule has 1 amide bonds. The number of hydrogen-bond donors (Lipinski definition) is 2. The van der Waals surface area contributed by atoms with Crippen LogP contribution in [0.3, 0.4) is 0 Å². The van der Waals surface area contributed by atoms with Crippen LogP contribution in [0.4, 0.5) is 4.79 Å². The molecular weight excluding hydrogens is 290 g/mol. The summed E-state index contributed by atoms with van der Waals surface area (Å²) in [5, 5.41) is 13.5. The third-order valence-electron chi connectivity index (χ3n) is 3.29. The van der Waals surface area contributed by atoms with Gasteiger partial charge in [0.15, 0.2) is 0 Å². The van der Waals surface area contributed by atoms with Crippen molar-refractivity contribution in [2.75, 3.05) is 0 Å². The molecule has 0 bridgehead atoms. The van der Waals surface area contributed by atoms with Gasteiger partial charge < -0.3 is 15.2 Å². The van der Waals surface area contributed by atoms with Gasteiger partial charge in [0.05, 0.1) is 6.04 Å². The number of aliphatic hydroxyl groups is 1. The lowest BCUT2D eigenvalue weighted by molar-refractivity contribution is 0.0419. The van der Waals surface area contributed by atoms with E-state index in [4.69, 9.17) is 4.74 Å². The second-order valence-electron chi connectivity index (χ2n) is 6.39. The number of alkyl carbamates (subject to hydrolysis) is 1. The lowest BCUT2D eigenvalue weighted by atomic mass is 9.96. The number of benzene rings is 2. The highest BCUT2D eigenvalue weighted by Gasteiger charge is 2.26. The Morgan fingerprint density at radius 1 is 0.957 bits per heavy atom. The van der Waals surface area contributed by atoms with Gasteiger partial charge in [0.25, 0.3) is 0 Å². The van der Waals surface area contributed by atoms with Crippen LogP contribution >= 0.6 is 0 Å². The van der Waals surface area contributed by atoms with Crippen LogP contribution in [-0.4, -0.2) is 16.8 Å². The van der Waals surface area contributed by atoms with E-state index in [1.54, 1.807) is 20.8 Å². The molecule has 0 saturated carbocycles. The number of aliphatic hydroxyl groups excluding tert-OH is 1. The molecule has 0 aliphatic heterocycles. The van der Waals surface area contributed by atoms with Crippen LogP contribution in [0.1, 0.15) is 44.0 Å². The number of nitrogens with one attached hydrogen (secondary N) is 1. The zero-order valence-electron chi connectivity index (χ0n) is 13.7. The van der Waals surface area contributed by atoms with Crippen molar-refractivity contribution < 1.29 is 14.6 Å². The number of carbonyl (C=O) groups is 1. The van der Waals surface area contributed by atoms with E-state index in [1.165, 1.54) is 0 Å². The Morgan fingerprint density at radius 3 is 1.91 bits per heavy atom. The Labute approximate surface area is 137 Å². The Hall–Kier alpha value is -2.33. The van der Waals surface area contributed by atoms with E-state index in [2.05, 4.69) is 5.32 Å². The van der Waals surface area contributed by atoms with E-state index >= 15 is 0 Å². The van der Waals surface area contributed by atoms with Crippen molar-refractivity contribution in [1.82, 2.24) is 5.32 Å². The minimum absolute atomic E-state index is 0.554. The monoisotopic (exact) mass is 313 g/mol. The van der Waals surface area contributed by atoms with Crippen molar-refractivity contribution in [3.05, 3.63) is 71.8 Å². The molecule has 2 N–H and O–H groups in total. The molecule has 0 saturated heterocycles. The highest BCUT2D eigenvalue weighted by atomic mass is 16.6. The third-order valence-corrected chi connectivity index (χ3v) is 3.29. The average Bonchev–Trinajstić information content (AvgIpc) is 2.52. The first-order chi connectivity index (χ1) is 10.9. The molecule has 122 valence electrons. The van der Waals surface area contributed by atoms with E-state index in [0.717, 1.165) is 11.1 Å². The van der Waals surface area contributed by atoms with Gasteiger partial charge in [-0.15, -0.1) is 0 Å². The number of carbonyl (C=O) groups excluding carboxylic acids is 1. The molecule has 0 radical (unpaired) electrons. The van der Waals surface area contributed by atoms with Crippen molar-refractivity contribution in [1.29, 1.82) is 0 Å². The first-order valence-corrected chi connectivity index (χ1v) is 7.64. The van der Waals surface area contributed by atoms with Gasteiger partial charge in [0.1, 0.15) is 11.7 Å². The van der Waals surface area contributed by atoms with Crippen LogP contribution in [-0.2, 0) is 4.74 Å². The predicted molar refractivity (Wildman–Crippen MR) is 90.0 cm³/mol. The lowest BCUT2D eigenvalue weighted by Gasteiger charge is -2.27. The second kappa shape index (κ2) is 7.29. The molecule has 23 heavy (non-hydrogen) atoms.